The standard InChI is InChI=1S/C20H26ClN3O3S/c1-23(2)17-9-7-16(8-10-17)19(24-11-13-27-14-12-24)15-22-28(25,26)20-6-4-3-5-18(20)21/h3-10,19,22H,11-15H2,1-2H3/p+1/t19-/m1/s1. The van der Waals surface area contributed by atoms with E-state index in [0.29, 0.717) is 19.8 Å². The van der Waals surface area contributed by atoms with Crippen molar-refractivity contribution in [3.8, 4) is 0 Å². The monoisotopic (exact) mass is 424 g/mol. The van der Waals surface area contributed by atoms with Crippen LogP contribution in [0.3, 0.4) is 0 Å². The minimum Gasteiger partial charge on any atom is -0.378 e. The molecule has 1 fully saturated rings. The van der Waals surface area contributed by atoms with Crippen LogP contribution in [-0.4, -0.2) is 55.4 Å². The first-order valence-corrected chi connectivity index (χ1v) is 11.2. The van der Waals surface area contributed by atoms with Crippen LogP contribution in [0.25, 0.3) is 0 Å². The summed E-state index contributed by atoms with van der Waals surface area (Å²) in [5, 5.41) is 0.223. The van der Waals surface area contributed by atoms with Gasteiger partial charge in [0.2, 0.25) is 10.0 Å². The number of anilines is 1. The molecule has 1 heterocycles. The molecule has 1 aliphatic heterocycles. The summed E-state index contributed by atoms with van der Waals surface area (Å²) in [6, 6.07) is 14.8. The maximum absolute atomic E-state index is 12.8. The summed E-state index contributed by atoms with van der Waals surface area (Å²) < 4.78 is 33.8. The average Bonchev–Trinajstić information content (AvgIpc) is 2.69. The predicted molar refractivity (Wildman–Crippen MR) is 112 cm³/mol. The third kappa shape index (κ3) is 5.04. The summed E-state index contributed by atoms with van der Waals surface area (Å²) in [6.07, 6.45) is 0. The van der Waals surface area contributed by atoms with Gasteiger partial charge in [-0.15, -0.1) is 0 Å². The normalized spacial score (nSPS) is 16.7. The largest absolute Gasteiger partial charge is 0.378 e. The van der Waals surface area contributed by atoms with Crippen molar-refractivity contribution in [2.45, 2.75) is 10.9 Å². The minimum atomic E-state index is -3.69. The van der Waals surface area contributed by atoms with Gasteiger partial charge in [0.05, 0.1) is 24.8 Å². The Labute approximate surface area is 172 Å². The highest BCUT2D eigenvalue weighted by Gasteiger charge is 2.29. The van der Waals surface area contributed by atoms with E-state index in [2.05, 4.69) is 29.0 Å². The quantitative estimate of drug-likeness (QED) is 0.704. The molecule has 2 N–H and O–H groups in total. The van der Waals surface area contributed by atoms with Gasteiger partial charge in [-0.05, 0) is 24.3 Å². The van der Waals surface area contributed by atoms with E-state index < -0.39 is 10.0 Å². The Kier molecular flexibility index (Phi) is 6.95. The van der Waals surface area contributed by atoms with Crippen molar-refractivity contribution in [3.05, 3.63) is 59.1 Å². The number of sulfonamides is 1. The zero-order chi connectivity index (χ0) is 20.1. The molecule has 8 heteroatoms. The molecule has 1 saturated heterocycles. The Morgan fingerprint density at radius 1 is 1.11 bits per heavy atom. The number of hydrogen-bond acceptors (Lipinski definition) is 4. The lowest BCUT2D eigenvalue weighted by Gasteiger charge is -2.32. The van der Waals surface area contributed by atoms with Gasteiger partial charge in [-0.1, -0.05) is 35.9 Å². The Hall–Kier alpha value is -1.64. The number of morpholine rings is 1. The fourth-order valence-electron chi connectivity index (χ4n) is 3.42. The molecule has 1 aliphatic rings. The fourth-order valence-corrected chi connectivity index (χ4v) is 4.98. The molecule has 0 aliphatic carbocycles. The van der Waals surface area contributed by atoms with Gasteiger partial charge in [-0.25, -0.2) is 13.1 Å². The SMILES string of the molecule is CN(C)c1ccc([C@@H](CNS(=O)(=O)c2ccccc2Cl)[NH+]2CCOCC2)cc1. The van der Waals surface area contributed by atoms with E-state index in [-0.39, 0.29) is 16.0 Å². The molecule has 1 atom stereocenters. The molecule has 6 nitrogen and oxygen atoms in total. The molecular formula is C20H27ClN3O3S+. The van der Waals surface area contributed by atoms with Crippen LogP contribution < -0.4 is 14.5 Å². The van der Waals surface area contributed by atoms with Gasteiger partial charge in [0.25, 0.3) is 0 Å². The number of rotatable bonds is 7. The summed E-state index contributed by atoms with van der Waals surface area (Å²) >= 11 is 6.09. The first kappa shape index (κ1) is 21.1. The highest BCUT2D eigenvalue weighted by molar-refractivity contribution is 7.89. The summed E-state index contributed by atoms with van der Waals surface area (Å²) in [7, 11) is 0.306. The molecule has 0 spiro atoms. The molecule has 0 radical (unpaired) electrons. The lowest BCUT2D eigenvalue weighted by molar-refractivity contribution is -0.937. The van der Waals surface area contributed by atoms with Crippen LogP contribution in [-0.2, 0) is 14.8 Å². The van der Waals surface area contributed by atoms with Crippen LogP contribution in [0, 0.1) is 0 Å². The van der Waals surface area contributed by atoms with Crippen LogP contribution >= 0.6 is 11.6 Å². The van der Waals surface area contributed by atoms with Crippen LogP contribution in [0.5, 0.6) is 0 Å². The van der Waals surface area contributed by atoms with Gasteiger partial charge < -0.3 is 14.5 Å². The van der Waals surface area contributed by atoms with Crippen molar-refractivity contribution in [3.63, 3.8) is 0 Å². The van der Waals surface area contributed by atoms with E-state index in [9.17, 15) is 8.42 Å². The van der Waals surface area contributed by atoms with Crippen molar-refractivity contribution < 1.29 is 18.1 Å². The van der Waals surface area contributed by atoms with Crippen LogP contribution in [0.15, 0.2) is 53.4 Å². The molecule has 2 aromatic carbocycles. The Bertz CT molecular complexity index is 882. The molecule has 28 heavy (non-hydrogen) atoms. The Balaban J connectivity index is 1.82. The molecule has 0 bridgehead atoms. The predicted octanol–water partition coefficient (Wildman–Crippen LogP) is 1.34. The first-order chi connectivity index (χ1) is 13.4. The van der Waals surface area contributed by atoms with Crippen LogP contribution in [0.4, 0.5) is 5.69 Å². The second-order valence-corrected chi connectivity index (χ2v) is 9.23. The summed E-state index contributed by atoms with van der Waals surface area (Å²) in [4.78, 5) is 3.46. The molecule has 0 amide bonds. The van der Waals surface area contributed by atoms with Crippen LogP contribution in [0.2, 0.25) is 5.02 Å². The summed E-state index contributed by atoms with van der Waals surface area (Å²) in [5.74, 6) is 0. The molecule has 0 aromatic heterocycles. The number of benzene rings is 2. The van der Waals surface area contributed by atoms with E-state index >= 15 is 0 Å². The minimum absolute atomic E-state index is 0.00243. The van der Waals surface area contributed by atoms with E-state index in [1.807, 2.05) is 19.0 Å². The number of nitrogens with zero attached hydrogens (tertiary/aromatic N) is 1. The molecule has 3 rings (SSSR count). The van der Waals surface area contributed by atoms with Gasteiger partial charge in [0.15, 0.2) is 0 Å². The van der Waals surface area contributed by atoms with Crippen LogP contribution in [0.1, 0.15) is 11.6 Å². The topological polar surface area (TPSA) is 63.1 Å². The van der Waals surface area contributed by atoms with Gasteiger partial charge in [-0.2, -0.15) is 0 Å². The summed E-state index contributed by atoms with van der Waals surface area (Å²) in [6.45, 7) is 3.34. The van der Waals surface area contributed by atoms with Crippen molar-refractivity contribution >= 4 is 27.3 Å². The highest BCUT2D eigenvalue weighted by Crippen LogP contribution is 2.21. The smallest absolute Gasteiger partial charge is 0.242 e. The lowest BCUT2D eigenvalue weighted by atomic mass is 10.0. The lowest BCUT2D eigenvalue weighted by Crippen LogP contribution is -3.15. The maximum atomic E-state index is 12.8. The second-order valence-electron chi connectivity index (χ2n) is 7.09. The van der Waals surface area contributed by atoms with Crippen molar-refractivity contribution in [2.75, 3.05) is 51.8 Å². The van der Waals surface area contributed by atoms with E-state index in [0.717, 1.165) is 24.3 Å². The Morgan fingerprint density at radius 2 is 1.75 bits per heavy atom. The molecular weight excluding hydrogens is 398 g/mol. The zero-order valence-electron chi connectivity index (χ0n) is 16.2. The van der Waals surface area contributed by atoms with E-state index in [1.54, 1.807) is 18.2 Å². The maximum Gasteiger partial charge on any atom is 0.242 e. The molecule has 0 unspecified atom stereocenters. The third-order valence-corrected chi connectivity index (χ3v) is 6.97. The van der Waals surface area contributed by atoms with Crippen molar-refractivity contribution in [2.24, 2.45) is 0 Å². The number of hydrogen-bond donors (Lipinski definition) is 2. The first-order valence-electron chi connectivity index (χ1n) is 9.32. The van der Waals surface area contributed by atoms with Gasteiger partial charge in [0, 0.05) is 25.3 Å². The number of halogens is 1. The van der Waals surface area contributed by atoms with Gasteiger partial charge >= 0.3 is 0 Å². The number of quaternary nitrogens is 1. The zero-order valence-corrected chi connectivity index (χ0v) is 17.8. The third-order valence-electron chi connectivity index (χ3n) is 5.04. The number of ether oxygens (including phenoxy) is 1. The van der Waals surface area contributed by atoms with Gasteiger partial charge in [-0.3, -0.25) is 0 Å². The van der Waals surface area contributed by atoms with Gasteiger partial charge in [0.1, 0.15) is 24.0 Å². The molecule has 2 aromatic rings. The molecule has 152 valence electrons. The average molecular weight is 425 g/mol. The highest BCUT2D eigenvalue weighted by atomic mass is 35.5. The fraction of sp³-hybridized carbons (Fsp3) is 0.400. The summed E-state index contributed by atoms with van der Waals surface area (Å²) in [5.41, 5.74) is 2.21. The van der Waals surface area contributed by atoms with E-state index in [1.165, 1.54) is 11.0 Å². The van der Waals surface area contributed by atoms with Crippen molar-refractivity contribution in [1.29, 1.82) is 0 Å². The van der Waals surface area contributed by atoms with E-state index in [4.69, 9.17) is 16.3 Å². The second kappa shape index (κ2) is 9.24. The molecule has 0 saturated carbocycles. The van der Waals surface area contributed by atoms with Crippen molar-refractivity contribution in [1.82, 2.24) is 4.72 Å². The Morgan fingerprint density at radius 3 is 2.36 bits per heavy atom. The number of nitrogens with one attached hydrogen (secondary N) is 2.